The van der Waals surface area contributed by atoms with Crippen molar-refractivity contribution in [1.82, 2.24) is 4.90 Å². The fourth-order valence-electron chi connectivity index (χ4n) is 6.39. The van der Waals surface area contributed by atoms with Gasteiger partial charge >= 0.3 is 0 Å². The third-order valence-corrected chi connectivity index (χ3v) is 8.32. The van der Waals surface area contributed by atoms with E-state index in [1.807, 2.05) is 0 Å². The molecule has 0 aliphatic carbocycles. The summed E-state index contributed by atoms with van der Waals surface area (Å²) in [6.07, 6.45) is 19.0. The van der Waals surface area contributed by atoms with E-state index < -0.39 is 0 Å². The normalized spacial score (nSPS) is 17.7. The zero-order valence-corrected chi connectivity index (χ0v) is 23.8. The molecule has 0 radical (unpaired) electrons. The first-order valence-corrected chi connectivity index (χ1v) is 15.2. The molecule has 3 aromatic rings. The van der Waals surface area contributed by atoms with Gasteiger partial charge in [0.25, 0.3) is 0 Å². The van der Waals surface area contributed by atoms with Crippen LogP contribution in [0.4, 0.5) is 5.69 Å². The van der Waals surface area contributed by atoms with Gasteiger partial charge in [-0.05, 0) is 36.1 Å². The highest BCUT2D eigenvalue weighted by Crippen LogP contribution is 2.47. The predicted octanol–water partition coefficient (Wildman–Crippen LogP) is 9.94. The lowest BCUT2D eigenvalue weighted by Crippen LogP contribution is -2.59. The molecule has 0 saturated heterocycles. The maximum atomic E-state index is 2.69. The van der Waals surface area contributed by atoms with Crippen LogP contribution in [0.25, 0.3) is 0 Å². The van der Waals surface area contributed by atoms with Crippen molar-refractivity contribution in [1.29, 1.82) is 0 Å². The minimum absolute atomic E-state index is 0.195. The summed E-state index contributed by atoms with van der Waals surface area (Å²) in [7, 11) is 0. The summed E-state index contributed by atoms with van der Waals surface area (Å²) in [5.41, 5.74) is 3.89. The van der Waals surface area contributed by atoms with E-state index in [0.717, 1.165) is 19.4 Å². The number of hydrogen-bond acceptors (Lipinski definition) is 2. The number of benzene rings is 3. The van der Waals surface area contributed by atoms with E-state index in [2.05, 4.69) is 127 Å². The first-order chi connectivity index (χ1) is 18.8. The molecule has 202 valence electrons. The Kier molecular flexibility index (Phi) is 10.9. The molecule has 1 heterocycles. The first-order valence-electron chi connectivity index (χ1n) is 15.2. The summed E-state index contributed by atoms with van der Waals surface area (Å²) < 4.78 is 0. The fourth-order valence-corrected chi connectivity index (χ4v) is 6.39. The molecule has 0 bridgehead atoms. The average Bonchev–Trinajstić information content (AvgIpc) is 3.32. The molecule has 3 aromatic carbocycles. The third kappa shape index (κ3) is 6.90. The van der Waals surface area contributed by atoms with Crippen molar-refractivity contribution >= 4 is 5.69 Å². The number of unbranched alkanes of at least 4 members (excludes halogenated alkanes) is 8. The van der Waals surface area contributed by atoms with Gasteiger partial charge in [0.15, 0.2) is 0 Å². The largest absolute Gasteiger partial charge is 0.352 e. The summed E-state index contributed by atoms with van der Waals surface area (Å²) in [5.74, 6) is 0.359. The van der Waals surface area contributed by atoms with E-state index in [4.69, 9.17) is 0 Å². The van der Waals surface area contributed by atoms with Crippen LogP contribution in [0.5, 0.6) is 0 Å². The van der Waals surface area contributed by atoms with Crippen LogP contribution >= 0.6 is 0 Å². The van der Waals surface area contributed by atoms with Crippen molar-refractivity contribution < 1.29 is 0 Å². The van der Waals surface area contributed by atoms with E-state index in [1.54, 1.807) is 0 Å². The van der Waals surface area contributed by atoms with E-state index in [-0.39, 0.29) is 5.66 Å². The van der Waals surface area contributed by atoms with Crippen molar-refractivity contribution in [2.24, 2.45) is 0 Å². The molecular formula is C36H48N2. The lowest BCUT2D eigenvalue weighted by Gasteiger charge is -2.51. The van der Waals surface area contributed by atoms with Gasteiger partial charge in [-0.25, -0.2) is 0 Å². The maximum Gasteiger partial charge on any atom is 0.127 e. The lowest BCUT2D eigenvalue weighted by molar-refractivity contribution is 0.125. The van der Waals surface area contributed by atoms with Crippen LogP contribution in [-0.2, 0) is 6.42 Å². The van der Waals surface area contributed by atoms with Gasteiger partial charge in [0, 0.05) is 37.0 Å². The highest BCUT2D eigenvalue weighted by Gasteiger charge is 2.50. The van der Waals surface area contributed by atoms with E-state index in [9.17, 15) is 0 Å². The topological polar surface area (TPSA) is 6.48 Å². The van der Waals surface area contributed by atoms with Gasteiger partial charge in [-0.15, -0.1) is 0 Å². The summed E-state index contributed by atoms with van der Waals surface area (Å²) in [5, 5.41) is 0. The highest BCUT2D eigenvalue weighted by molar-refractivity contribution is 5.56. The zero-order valence-electron chi connectivity index (χ0n) is 23.8. The Morgan fingerprint density at radius 1 is 0.605 bits per heavy atom. The van der Waals surface area contributed by atoms with Crippen LogP contribution < -0.4 is 4.90 Å². The van der Waals surface area contributed by atoms with Crippen molar-refractivity contribution in [3.8, 4) is 0 Å². The molecule has 0 amide bonds. The van der Waals surface area contributed by atoms with Gasteiger partial charge in [0.2, 0.25) is 0 Å². The molecule has 38 heavy (non-hydrogen) atoms. The van der Waals surface area contributed by atoms with E-state index in [1.165, 1.54) is 74.6 Å². The standard InChI is InChI=1S/C36H48N2/c1-3-5-6-7-8-9-10-11-21-28-37-29-30-38(34-26-19-14-20-27-34)36(37,31-32-22-15-12-16-23-32)35(4-2)33-24-17-13-18-25-33/h12-20,22-27,29-30,35H,3-11,21,28,31H2,1-2H3. The second kappa shape index (κ2) is 14.8. The molecule has 0 aromatic heterocycles. The van der Waals surface area contributed by atoms with Crippen LogP contribution in [-0.4, -0.2) is 17.1 Å². The number of nitrogens with zero attached hydrogens (tertiary/aromatic N) is 2. The van der Waals surface area contributed by atoms with Crippen molar-refractivity contribution in [3.63, 3.8) is 0 Å². The van der Waals surface area contributed by atoms with Crippen LogP contribution in [0.15, 0.2) is 103 Å². The third-order valence-electron chi connectivity index (χ3n) is 8.32. The minimum Gasteiger partial charge on any atom is -0.352 e. The molecule has 1 aliphatic heterocycles. The van der Waals surface area contributed by atoms with Gasteiger partial charge in [0.1, 0.15) is 5.66 Å². The van der Waals surface area contributed by atoms with Crippen molar-refractivity contribution in [2.75, 3.05) is 11.4 Å². The molecule has 0 N–H and O–H groups in total. The predicted molar refractivity (Wildman–Crippen MR) is 164 cm³/mol. The average molecular weight is 509 g/mol. The summed E-state index contributed by atoms with van der Waals surface area (Å²) in [6, 6.07) is 33.3. The van der Waals surface area contributed by atoms with Gasteiger partial charge in [0.05, 0.1) is 0 Å². The number of anilines is 1. The minimum atomic E-state index is -0.195. The number of hydrogen-bond donors (Lipinski definition) is 0. The van der Waals surface area contributed by atoms with Crippen LogP contribution in [0.2, 0.25) is 0 Å². The first kappa shape index (κ1) is 28.0. The molecule has 0 saturated carbocycles. The second-order valence-corrected chi connectivity index (χ2v) is 10.9. The lowest BCUT2D eigenvalue weighted by atomic mass is 9.78. The molecule has 1 aliphatic rings. The van der Waals surface area contributed by atoms with Gasteiger partial charge in [-0.2, -0.15) is 0 Å². The Hall–Kier alpha value is -3.00. The Morgan fingerprint density at radius 3 is 1.76 bits per heavy atom. The molecule has 2 nitrogen and oxygen atoms in total. The summed E-state index contributed by atoms with van der Waals surface area (Å²) in [6.45, 7) is 5.75. The van der Waals surface area contributed by atoms with E-state index >= 15 is 0 Å². The van der Waals surface area contributed by atoms with Gasteiger partial charge < -0.3 is 9.80 Å². The Bertz CT molecular complexity index is 1060. The van der Waals surface area contributed by atoms with Crippen molar-refractivity contribution in [3.05, 3.63) is 115 Å². The van der Waals surface area contributed by atoms with Crippen LogP contribution in [0.1, 0.15) is 95.1 Å². The SMILES string of the molecule is CCCCCCCCCCCN1C=CN(c2ccccc2)C1(Cc1ccccc1)C(CC)c1ccccc1. The van der Waals surface area contributed by atoms with E-state index in [0.29, 0.717) is 5.92 Å². The molecule has 2 heteroatoms. The molecule has 2 atom stereocenters. The fraction of sp³-hybridized carbons (Fsp3) is 0.444. The monoisotopic (exact) mass is 508 g/mol. The smallest absolute Gasteiger partial charge is 0.127 e. The van der Waals surface area contributed by atoms with Crippen LogP contribution in [0, 0.1) is 0 Å². The molecule has 0 spiro atoms. The Balaban J connectivity index is 1.60. The molecule has 4 rings (SSSR count). The Labute approximate surface area is 232 Å². The zero-order chi connectivity index (χ0) is 26.5. The maximum absolute atomic E-state index is 2.69. The molecule has 0 fully saturated rings. The number of para-hydroxylation sites is 1. The summed E-state index contributed by atoms with van der Waals surface area (Å²) in [4.78, 5) is 5.27. The number of rotatable bonds is 16. The van der Waals surface area contributed by atoms with Crippen LogP contribution in [0.3, 0.4) is 0 Å². The second-order valence-electron chi connectivity index (χ2n) is 10.9. The summed E-state index contributed by atoms with van der Waals surface area (Å²) >= 11 is 0. The molecular weight excluding hydrogens is 460 g/mol. The highest BCUT2D eigenvalue weighted by atomic mass is 15.4. The van der Waals surface area contributed by atoms with Gasteiger partial charge in [-0.3, -0.25) is 0 Å². The Morgan fingerprint density at radius 2 is 1.16 bits per heavy atom. The molecule has 2 unspecified atom stereocenters. The van der Waals surface area contributed by atoms with Crippen molar-refractivity contribution in [2.45, 2.75) is 96.1 Å². The van der Waals surface area contributed by atoms with Gasteiger partial charge in [-0.1, -0.05) is 144 Å². The quantitative estimate of drug-likeness (QED) is 0.178.